The van der Waals surface area contributed by atoms with Crippen LogP contribution >= 0.6 is 0 Å². The average Bonchev–Trinajstić information content (AvgIpc) is 2.16. The molecule has 86 valence electrons. The van der Waals surface area contributed by atoms with E-state index in [0.717, 1.165) is 5.56 Å². The van der Waals surface area contributed by atoms with E-state index < -0.39 is 6.04 Å². The number of hydrogen-bond donors (Lipinski definition) is 2. The molecular weight excluding hydrogens is 206 g/mol. The standard InChI is InChI=1S/C11H15N3O2/c1-7-4-5-12-10(6-7)14-11(16)8(2)13-9(3)15/h4-6,8H,1-3H3,(H,13,15)(H,12,14,16). The number of amides is 2. The second kappa shape index (κ2) is 5.25. The highest BCUT2D eigenvalue weighted by Gasteiger charge is 2.13. The van der Waals surface area contributed by atoms with E-state index in [0.29, 0.717) is 5.82 Å². The lowest BCUT2D eigenvalue weighted by molar-refractivity contribution is -0.124. The average molecular weight is 221 g/mol. The number of pyridine rings is 1. The Kier molecular flexibility index (Phi) is 3.99. The van der Waals surface area contributed by atoms with E-state index in [1.54, 1.807) is 19.2 Å². The fourth-order valence-electron chi connectivity index (χ4n) is 1.21. The summed E-state index contributed by atoms with van der Waals surface area (Å²) in [5.41, 5.74) is 1.01. The topological polar surface area (TPSA) is 71.1 Å². The maximum absolute atomic E-state index is 11.6. The Bertz CT molecular complexity index is 404. The first-order valence-corrected chi connectivity index (χ1v) is 4.99. The van der Waals surface area contributed by atoms with Crippen molar-refractivity contribution in [2.24, 2.45) is 0 Å². The predicted molar refractivity (Wildman–Crippen MR) is 60.9 cm³/mol. The van der Waals surface area contributed by atoms with Crippen LogP contribution in [0.5, 0.6) is 0 Å². The number of hydrogen-bond acceptors (Lipinski definition) is 3. The smallest absolute Gasteiger partial charge is 0.247 e. The molecule has 0 aliphatic heterocycles. The molecule has 0 saturated carbocycles. The summed E-state index contributed by atoms with van der Waals surface area (Å²) in [7, 11) is 0. The van der Waals surface area contributed by atoms with Gasteiger partial charge in [0.1, 0.15) is 11.9 Å². The SMILES string of the molecule is CC(=O)NC(C)C(=O)Nc1cc(C)ccn1. The third kappa shape index (κ3) is 3.68. The van der Waals surface area contributed by atoms with Crippen LogP contribution in [0.2, 0.25) is 0 Å². The number of rotatable bonds is 3. The zero-order valence-electron chi connectivity index (χ0n) is 9.57. The number of carbonyl (C=O) groups excluding carboxylic acids is 2. The van der Waals surface area contributed by atoms with Crippen LogP contribution in [-0.4, -0.2) is 22.8 Å². The number of anilines is 1. The molecule has 5 nitrogen and oxygen atoms in total. The number of nitrogens with one attached hydrogen (secondary N) is 2. The molecule has 2 amide bonds. The van der Waals surface area contributed by atoms with Crippen molar-refractivity contribution in [3.8, 4) is 0 Å². The fraction of sp³-hybridized carbons (Fsp3) is 0.364. The van der Waals surface area contributed by atoms with Crippen LogP contribution in [0, 0.1) is 6.92 Å². The third-order valence-corrected chi connectivity index (χ3v) is 1.98. The number of nitrogens with zero attached hydrogens (tertiary/aromatic N) is 1. The fourth-order valence-corrected chi connectivity index (χ4v) is 1.21. The van der Waals surface area contributed by atoms with E-state index in [9.17, 15) is 9.59 Å². The molecular formula is C11H15N3O2. The molecule has 1 unspecified atom stereocenters. The number of aryl methyl sites for hydroxylation is 1. The van der Waals surface area contributed by atoms with Crippen molar-refractivity contribution < 1.29 is 9.59 Å². The van der Waals surface area contributed by atoms with Crippen LogP contribution in [0.15, 0.2) is 18.3 Å². The second-order valence-electron chi connectivity index (χ2n) is 3.63. The highest BCUT2D eigenvalue weighted by atomic mass is 16.2. The van der Waals surface area contributed by atoms with Crippen molar-refractivity contribution >= 4 is 17.6 Å². The van der Waals surface area contributed by atoms with Gasteiger partial charge in [-0.15, -0.1) is 0 Å². The van der Waals surface area contributed by atoms with Gasteiger partial charge in [0.15, 0.2) is 0 Å². The van der Waals surface area contributed by atoms with E-state index in [2.05, 4.69) is 15.6 Å². The molecule has 0 spiro atoms. The quantitative estimate of drug-likeness (QED) is 0.795. The van der Waals surface area contributed by atoms with Gasteiger partial charge in [-0.05, 0) is 31.5 Å². The predicted octanol–water partition coefficient (Wildman–Crippen LogP) is 0.853. The van der Waals surface area contributed by atoms with E-state index in [1.807, 2.05) is 13.0 Å². The Morgan fingerprint density at radius 1 is 1.44 bits per heavy atom. The van der Waals surface area contributed by atoms with Gasteiger partial charge in [-0.1, -0.05) is 0 Å². The van der Waals surface area contributed by atoms with Crippen molar-refractivity contribution in [2.75, 3.05) is 5.32 Å². The molecule has 0 radical (unpaired) electrons. The summed E-state index contributed by atoms with van der Waals surface area (Å²) in [6, 6.07) is 3.03. The molecule has 1 atom stereocenters. The van der Waals surface area contributed by atoms with Crippen molar-refractivity contribution in [3.05, 3.63) is 23.9 Å². The Labute approximate surface area is 94.3 Å². The van der Waals surface area contributed by atoms with E-state index in [-0.39, 0.29) is 11.8 Å². The zero-order chi connectivity index (χ0) is 12.1. The summed E-state index contributed by atoms with van der Waals surface area (Å²) in [4.78, 5) is 26.3. The van der Waals surface area contributed by atoms with Crippen LogP contribution in [0.4, 0.5) is 5.82 Å². The van der Waals surface area contributed by atoms with Crippen LogP contribution < -0.4 is 10.6 Å². The minimum atomic E-state index is -0.570. The maximum atomic E-state index is 11.6. The van der Waals surface area contributed by atoms with Crippen LogP contribution in [0.1, 0.15) is 19.4 Å². The van der Waals surface area contributed by atoms with Crippen molar-refractivity contribution in [1.82, 2.24) is 10.3 Å². The van der Waals surface area contributed by atoms with E-state index >= 15 is 0 Å². The third-order valence-electron chi connectivity index (χ3n) is 1.98. The molecule has 0 bridgehead atoms. The molecule has 5 heteroatoms. The lowest BCUT2D eigenvalue weighted by Gasteiger charge is -2.12. The molecule has 16 heavy (non-hydrogen) atoms. The van der Waals surface area contributed by atoms with Crippen LogP contribution in [-0.2, 0) is 9.59 Å². The van der Waals surface area contributed by atoms with Crippen LogP contribution in [0.25, 0.3) is 0 Å². The summed E-state index contributed by atoms with van der Waals surface area (Å²) in [5.74, 6) is -0.0321. The zero-order valence-corrected chi connectivity index (χ0v) is 9.57. The van der Waals surface area contributed by atoms with Gasteiger partial charge in [-0.25, -0.2) is 4.98 Å². The van der Waals surface area contributed by atoms with Gasteiger partial charge in [0.25, 0.3) is 0 Å². The molecule has 0 aliphatic carbocycles. The van der Waals surface area contributed by atoms with Gasteiger partial charge in [0.2, 0.25) is 11.8 Å². The minimum Gasteiger partial charge on any atom is -0.345 e. The molecule has 1 aromatic heterocycles. The highest BCUT2D eigenvalue weighted by molar-refractivity contribution is 5.95. The molecule has 0 aliphatic rings. The monoisotopic (exact) mass is 221 g/mol. The second-order valence-corrected chi connectivity index (χ2v) is 3.63. The molecule has 2 N–H and O–H groups in total. The minimum absolute atomic E-state index is 0.236. The van der Waals surface area contributed by atoms with E-state index in [1.165, 1.54) is 6.92 Å². The number of carbonyl (C=O) groups is 2. The lowest BCUT2D eigenvalue weighted by Crippen LogP contribution is -2.40. The van der Waals surface area contributed by atoms with Crippen molar-refractivity contribution in [3.63, 3.8) is 0 Å². The van der Waals surface area contributed by atoms with E-state index in [4.69, 9.17) is 0 Å². The van der Waals surface area contributed by atoms with Crippen LogP contribution in [0.3, 0.4) is 0 Å². The Balaban J connectivity index is 2.60. The Morgan fingerprint density at radius 3 is 2.69 bits per heavy atom. The summed E-state index contributed by atoms with van der Waals surface area (Å²) in [6.45, 7) is 4.90. The number of aromatic nitrogens is 1. The van der Waals surface area contributed by atoms with Gasteiger partial charge in [0.05, 0.1) is 0 Å². The first-order valence-electron chi connectivity index (χ1n) is 4.99. The molecule has 0 aromatic carbocycles. The summed E-state index contributed by atoms with van der Waals surface area (Å²) >= 11 is 0. The van der Waals surface area contributed by atoms with Crippen molar-refractivity contribution in [2.45, 2.75) is 26.8 Å². The maximum Gasteiger partial charge on any atom is 0.247 e. The van der Waals surface area contributed by atoms with Gasteiger partial charge < -0.3 is 10.6 Å². The molecule has 1 heterocycles. The summed E-state index contributed by atoms with van der Waals surface area (Å²) < 4.78 is 0. The lowest BCUT2D eigenvalue weighted by atomic mass is 10.3. The highest BCUT2D eigenvalue weighted by Crippen LogP contribution is 2.05. The Morgan fingerprint density at radius 2 is 2.12 bits per heavy atom. The van der Waals surface area contributed by atoms with Crippen molar-refractivity contribution in [1.29, 1.82) is 0 Å². The Hall–Kier alpha value is -1.91. The summed E-state index contributed by atoms with van der Waals surface area (Å²) in [5, 5.41) is 5.12. The molecule has 0 fully saturated rings. The van der Waals surface area contributed by atoms with Gasteiger partial charge in [0, 0.05) is 13.1 Å². The molecule has 1 aromatic rings. The first-order chi connectivity index (χ1) is 7.49. The van der Waals surface area contributed by atoms with Gasteiger partial charge >= 0.3 is 0 Å². The van der Waals surface area contributed by atoms with Gasteiger partial charge in [-0.3, -0.25) is 9.59 Å². The molecule has 0 saturated heterocycles. The van der Waals surface area contributed by atoms with Gasteiger partial charge in [-0.2, -0.15) is 0 Å². The normalized spacial score (nSPS) is 11.7. The summed E-state index contributed by atoms with van der Waals surface area (Å²) in [6.07, 6.45) is 1.62. The first kappa shape index (κ1) is 12.2. The largest absolute Gasteiger partial charge is 0.345 e. The molecule has 1 rings (SSSR count).